The van der Waals surface area contributed by atoms with Gasteiger partial charge in [-0.1, -0.05) is 30.3 Å². The molecule has 0 saturated carbocycles. The fourth-order valence-corrected chi connectivity index (χ4v) is 2.74. The summed E-state index contributed by atoms with van der Waals surface area (Å²) in [7, 11) is 0. The molecule has 0 unspecified atom stereocenters. The molecule has 0 aliphatic rings. The molecule has 142 valence electrons. The molecule has 0 atom stereocenters. The van der Waals surface area contributed by atoms with Crippen molar-refractivity contribution in [2.45, 2.75) is 6.54 Å². The first-order valence-electron chi connectivity index (χ1n) is 8.66. The van der Waals surface area contributed by atoms with Gasteiger partial charge in [-0.2, -0.15) is 0 Å². The van der Waals surface area contributed by atoms with Gasteiger partial charge in [-0.25, -0.2) is 0 Å². The van der Waals surface area contributed by atoms with Crippen molar-refractivity contribution in [3.63, 3.8) is 0 Å². The lowest BCUT2D eigenvalue weighted by Gasteiger charge is -2.11. The normalized spacial score (nSPS) is 10.1. The highest BCUT2D eigenvalue weighted by molar-refractivity contribution is 7.80. The van der Waals surface area contributed by atoms with E-state index >= 15 is 0 Å². The Labute approximate surface area is 168 Å². The highest BCUT2D eigenvalue weighted by Gasteiger charge is 2.08. The van der Waals surface area contributed by atoms with E-state index in [1.54, 1.807) is 30.3 Å². The highest BCUT2D eigenvalue weighted by Crippen LogP contribution is 2.18. The average molecular weight is 392 g/mol. The van der Waals surface area contributed by atoms with Gasteiger partial charge in [0.05, 0.1) is 11.4 Å². The molecule has 3 aromatic rings. The molecule has 0 heterocycles. The van der Waals surface area contributed by atoms with Crippen LogP contribution in [-0.2, 0) is 6.54 Å². The topological polar surface area (TPSA) is 105 Å². The summed E-state index contributed by atoms with van der Waals surface area (Å²) in [5, 5.41) is 9.50. The van der Waals surface area contributed by atoms with Gasteiger partial charge in [0.25, 0.3) is 5.91 Å². The quantitative estimate of drug-likeness (QED) is 0.336. The molecule has 0 saturated heterocycles. The van der Waals surface area contributed by atoms with Crippen molar-refractivity contribution >= 4 is 46.0 Å². The maximum Gasteiger partial charge on any atom is 0.255 e. The minimum Gasteiger partial charge on any atom is -0.399 e. The van der Waals surface area contributed by atoms with Crippen molar-refractivity contribution in [3.05, 3.63) is 83.9 Å². The number of nitrogens with one attached hydrogen (secondary N) is 3. The summed E-state index contributed by atoms with van der Waals surface area (Å²) in [6, 6.07) is 21.8. The van der Waals surface area contributed by atoms with Crippen LogP contribution in [0.3, 0.4) is 0 Å². The largest absolute Gasteiger partial charge is 0.399 e. The van der Waals surface area contributed by atoms with Crippen LogP contribution in [0.1, 0.15) is 15.9 Å². The first-order valence-corrected chi connectivity index (χ1v) is 9.07. The Hall–Kier alpha value is -3.58. The Morgan fingerprint density at radius 2 is 1.64 bits per heavy atom. The van der Waals surface area contributed by atoms with Gasteiger partial charge in [0.15, 0.2) is 5.11 Å². The number of nitrogens with two attached hydrogens (primary N) is 2. The molecule has 0 radical (unpaired) electrons. The number of amides is 1. The number of benzene rings is 3. The van der Waals surface area contributed by atoms with Gasteiger partial charge in [0.1, 0.15) is 0 Å². The summed E-state index contributed by atoms with van der Waals surface area (Å²) in [5.41, 5.74) is 15.8. The first-order chi connectivity index (χ1) is 13.5. The van der Waals surface area contributed by atoms with Crippen LogP contribution in [0.5, 0.6) is 0 Å². The maximum absolute atomic E-state index is 12.4. The number of thiocarbonyl (C=S) groups is 1. The summed E-state index contributed by atoms with van der Waals surface area (Å²) >= 11 is 5.29. The third kappa shape index (κ3) is 5.21. The molecule has 0 aromatic heterocycles. The van der Waals surface area contributed by atoms with Gasteiger partial charge < -0.3 is 27.4 Å². The number of nitrogen functional groups attached to an aromatic ring is 2. The van der Waals surface area contributed by atoms with Crippen molar-refractivity contribution in [1.29, 1.82) is 0 Å². The number of carbonyl (C=O) groups excluding carboxylic acids is 1. The highest BCUT2D eigenvalue weighted by atomic mass is 32.1. The van der Waals surface area contributed by atoms with Gasteiger partial charge in [-0.05, 0) is 60.2 Å². The minimum absolute atomic E-state index is 0.212. The van der Waals surface area contributed by atoms with Gasteiger partial charge >= 0.3 is 0 Å². The predicted octanol–water partition coefficient (Wildman–Crippen LogP) is 3.59. The zero-order valence-electron chi connectivity index (χ0n) is 15.1. The van der Waals surface area contributed by atoms with Crippen LogP contribution in [0, 0.1) is 0 Å². The molecule has 1 amide bonds. The van der Waals surface area contributed by atoms with Crippen molar-refractivity contribution < 1.29 is 4.79 Å². The smallest absolute Gasteiger partial charge is 0.255 e. The monoisotopic (exact) mass is 391 g/mol. The van der Waals surface area contributed by atoms with Crippen LogP contribution < -0.4 is 27.4 Å². The fraction of sp³-hybridized carbons (Fsp3) is 0.0476. The van der Waals surface area contributed by atoms with Gasteiger partial charge in [-0.15, -0.1) is 0 Å². The minimum atomic E-state index is -0.212. The van der Waals surface area contributed by atoms with E-state index in [0.717, 1.165) is 11.3 Å². The van der Waals surface area contributed by atoms with E-state index in [4.69, 9.17) is 23.7 Å². The summed E-state index contributed by atoms with van der Waals surface area (Å²) in [6.45, 7) is 0.529. The lowest BCUT2D eigenvalue weighted by molar-refractivity contribution is 0.102. The zero-order valence-corrected chi connectivity index (χ0v) is 15.9. The SMILES string of the molecule is Nc1cccc(NC(=S)NCc2ccc(C(=O)Nc3ccccc3N)cc2)c1. The number of rotatable bonds is 5. The molecule has 0 aliphatic carbocycles. The molecule has 0 aliphatic heterocycles. The van der Waals surface area contributed by atoms with Crippen molar-refractivity contribution in [3.8, 4) is 0 Å². The van der Waals surface area contributed by atoms with Crippen molar-refractivity contribution in [2.24, 2.45) is 0 Å². The van der Waals surface area contributed by atoms with E-state index < -0.39 is 0 Å². The molecule has 3 rings (SSSR count). The fourth-order valence-electron chi connectivity index (χ4n) is 2.55. The molecule has 0 spiro atoms. The Morgan fingerprint density at radius 1 is 0.893 bits per heavy atom. The van der Waals surface area contributed by atoms with Crippen molar-refractivity contribution in [1.82, 2.24) is 5.32 Å². The van der Waals surface area contributed by atoms with E-state index in [1.807, 2.05) is 42.5 Å². The predicted molar refractivity (Wildman–Crippen MR) is 119 cm³/mol. The van der Waals surface area contributed by atoms with Gasteiger partial charge in [0.2, 0.25) is 0 Å². The van der Waals surface area contributed by atoms with E-state index in [1.165, 1.54) is 0 Å². The third-order valence-corrected chi connectivity index (χ3v) is 4.27. The Kier molecular flexibility index (Phi) is 6.08. The molecule has 7 N–H and O–H groups in total. The molecule has 3 aromatic carbocycles. The zero-order chi connectivity index (χ0) is 19.9. The third-order valence-electron chi connectivity index (χ3n) is 4.02. The molecule has 7 heteroatoms. The Bertz CT molecular complexity index is 988. The number of hydrogen-bond acceptors (Lipinski definition) is 4. The van der Waals surface area contributed by atoms with Gasteiger partial charge in [0, 0.05) is 23.5 Å². The summed E-state index contributed by atoms with van der Waals surface area (Å²) in [6.07, 6.45) is 0. The number of hydrogen-bond donors (Lipinski definition) is 5. The first kappa shape index (κ1) is 19.2. The van der Waals surface area contributed by atoms with Crippen LogP contribution in [0.15, 0.2) is 72.8 Å². The number of anilines is 4. The van der Waals surface area contributed by atoms with Crippen LogP contribution in [0.25, 0.3) is 0 Å². The van der Waals surface area contributed by atoms with Crippen LogP contribution in [0.4, 0.5) is 22.7 Å². The standard InChI is InChI=1S/C21H21N5OS/c22-16-4-3-5-17(12-16)25-21(28)24-13-14-8-10-15(11-9-14)20(27)26-19-7-2-1-6-18(19)23/h1-12H,13,22-23H2,(H,26,27)(H2,24,25,28). The average Bonchev–Trinajstić information content (AvgIpc) is 2.68. The molecular formula is C21H21N5OS. The van der Waals surface area contributed by atoms with Crippen LogP contribution >= 0.6 is 12.2 Å². The number of carbonyl (C=O) groups is 1. The molecule has 0 bridgehead atoms. The summed E-state index contributed by atoms with van der Waals surface area (Å²) in [5.74, 6) is -0.212. The Morgan fingerprint density at radius 3 is 2.36 bits per heavy atom. The van der Waals surface area contributed by atoms with Crippen LogP contribution in [0.2, 0.25) is 0 Å². The molecule has 0 fully saturated rings. The molecule has 28 heavy (non-hydrogen) atoms. The van der Waals surface area contributed by atoms with E-state index in [-0.39, 0.29) is 5.91 Å². The van der Waals surface area contributed by atoms with E-state index in [2.05, 4.69) is 16.0 Å². The number of para-hydroxylation sites is 2. The lowest BCUT2D eigenvalue weighted by Crippen LogP contribution is -2.27. The van der Waals surface area contributed by atoms with Crippen LogP contribution in [-0.4, -0.2) is 11.0 Å². The Balaban J connectivity index is 1.53. The lowest BCUT2D eigenvalue weighted by atomic mass is 10.1. The van der Waals surface area contributed by atoms with E-state index in [0.29, 0.717) is 34.3 Å². The second-order valence-corrected chi connectivity index (χ2v) is 6.58. The molecular weight excluding hydrogens is 370 g/mol. The molecule has 6 nitrogen and oxygen atoms in total. The second-order valence-electron chi connectivity index (χ2n) is 6.17. The summed E-state index contributed by atoms with van der Waals surface area (Å²) < 4.78 is 0. The van der Waals surface area contributed by atoms with Crippen molar-refractivity contribution in [2.75, 3.05) is 22.1 Å². The maximum atomic E-state index is 12.4. The van der Waals surface area contributed by atoms with E-state index in [9.17, 15) is 4.79 Å². The second kappa shape index (κ2) is 8.88. The van der Waals surface area contributed by atoms with Gasteiger partial charge in [-0.3, -0.25) is 4.79 Å². The summed E-state index contributed by atoms with van der Waals surface area (Å²) in [4.78, 5) is 12.4.